The number of nitrogens with one attached hydrogen (secondary N) is 1. The second kappa shape index (κ2) is 6.26. The molecule has 0 amide bonds. The Kier molecular flexibility index (Phi) is 4.95. The molecule has 1 aromatic rings. The van der Waals surface area contributed by atoms with E-state index in [0.717, 1.165) is 6.54 Å². The van der Waals surface area contributed by atoms with Crippen LogP contribution in [-0.2, 0) is 0 Å². The van der Waals surface area contributed by atoms with Crippen LogP contribution in [-0.4, -0.2) is 17.5 Å². The molecule has 1 N–H and O–H groups in total. The Morgan fingerprint density at radius 2 is 2.18 bits per heavy atom. The highest BCUT2D eigenvalue weighted by Crippen LogP contribution is 2.38. The first-order chi connectivity index (χ1) is 8.26. The van der Waals surface area contributed by atoms with Crippen LogP contribution in [0.15, 0.2) is 17.5 Å². The Labute approximate surface area is 113 Å². The fraction of sp³-hybridized carbons (Fsp3) is 0.714. The quantitative estimate of drug-likeness (QED) is 0.846. The minimum absolute atomic E-state index is 0.501. The Bertz CT molecular complexity index is 315. The highest BCUT2D eigenvalue weighted by Gasteiger charge is 2.31. The standard InChI is InChI=1S/C14H23NS2/c1-12(13-7-6-10-17-13)15-11-14(16-2)8-4-3-5-9-14/h6-7,10,12,15H,3-5,8-9,11H2,1-2H3. The SMILES string of the molecule is CSC1(CNC(C)c2cccs2)CCCCC1. The maximum atomic E-state index is 3.74. The number of hydrogen-bond donors (Lipinski definition) is 1. The van der Waals surface area contributed by atoms with Crippen LogP contribution in [0.3, 0.4) is 0 Å². The number of rotatable bonds is 5. The van der Waals surface area contributed by atoms with Gasteiger partial charge in [0.1, 0.15) is 0 Å². The molecule has 0 spiro atoms. The van der Waals surface area contributed by atoms with Gasteiger partial charge in [0.2, 0.25) is 0 Å². The van der Waals surface area contributed by atoms with Gasteiger partial charge in [-0.05, 0) is 37.5 Å². The molecule has 0 radical (unpaired) electrons. The maximum absolute atomic E-state index is 3.74. The van der Waals surface area contributed by atoms with E-state index in [1.807, 2.05) is 11.3 Å². The minimum atomic E-state index is 0.501. The molecule has 3 heteroatoms. The van der Waals surface area contributed by atoms with Crippen LogP contribution < -0.4 is 5.32 Å². The predicted molar refractivity (Wildman–Crippen MR) is 80.1 cm³/mol. The molecule has 1 saturated carbocycles. The molecule has 1 aliphatic carbocycles. The van der Waals surface area contributed by atoms with E-state index in [1.54, 1.807) is 0 Å². The average molecular weight is 269 g/mol. The number of thiophene rings is 1. The zero-order valence-corrected chi connectivity index (χ0v) is 12.5. The van der Waals surface area contributed by atoms with Gasteiger partial charge in [-0.15, -0.1) is 11.3 Å². The third-order valence-corrected chi connectivity index (χ3v) is 6.37. The number of hydrogen-bond acceptors (Lipinski definition) is 3. The van der Waals surface area contributed by atoms with Crippen LogP contribution in [0, 0.1) is 0 Å². The zero-order valence-electron chi connectivity index (χ0n) is 10.9. The van der Waals surface area contributed by atoms with Gasteiger partial charge in [0, 0.05) is 22.2 Å². The van der Waals surface area contributed by atoms with Crippen molar-refractivity contribution >= 4 is 23.1 Å². The van der Waals surface area contributed by atoms with Crippen LogP contribution in [0.4, 0.5) is 0 Å². The fourth-order valence-electron chi connectivity index (χ4n) is 2.63. The minimum Gasteiger partial charge on any atom is -0.308 e. The third-order valence-electron chi connectivity index (χ3n) is 3.90. The van der Waals surface area contributed by atoms with Gasteiger partial charge in [0.05, 0.1) is 0 Å². The van der Waals surface area contributed by atoms with Gasteiger partial charge in [-0.25, -0.2) is 0 Å². The molecule has 1 nitrogen and oxygen atoms in total. The normalized spacial score (nSPS) is 21.3. The fourth-order valence-corrected chi connectivity index (χ4v) is 4.31. The van der Waals surface area contributed by atoms with Crippen molar-refractivity contribution in [2.24, 2.45) is 0 Å². The smallest absolute Gasteiger partial charge is 0.0386 e. The first-order valence-corrected chi connectivity index (χ1v) is 8.68. The van der Waals surface area contributed by atoms with Crippen molar-refractivity contribution in [3.63, 3.8) is 0 Å². The molecule has 96 valence electrons. The van der Waals surface area contributed by atoms with Crippen molar-refractivity contribution < 1.29 is 0 Å². The van der Waals surface area contributed by atoms with E-state index in [9.17, 15) is 0 Å². The lowest BCUT2D eigenvalue weighted by atomic mass is 9.88. The van der Waals surface area contributed by atoms with Crippen molar-refractivity contribution in [1.82, 2.24) is 5.32 Å². The van der Waals surface area contributed by atoms with Gasteiger partial charge in [0.25, 0.3) is 0 Å². The molecule has 2 rings (SSSR count). The largest absolute Gasteiger partial charge is 0.308 e. The molecule has 0 aliphatic heterocycles. The van der Waals surface area contributed by atoms with Crippen molar-refractivity contribution in [3.8, 4) is 0 Å². The van der Waals surface area contributed by atoms with E-state index in [1.165, 1.54) is 37.0 Å². The summed E-state index contributed by atoms with van der Waals surface area (Å²) in [7, 11) is 0. The van der Waals surface area contributed by atoms with Gasteiger partial charge in [0.15, 0.2) is 0 Å². The highest BCUT2D eigenvalue weighted by molar-refractivity contribution is 8.00. The van der Waals surface area contributed by atoms with Gasteiger partial charge in [-0.1, -0.05) is 25.3 Å². The topological polar surface area (TPSA) is 12.0 Å². The van der Waals surface area contributed by atoms with Gasteiger partial charge >= 0.3 is 0 Å². The summed E-state index contributed by atoms with van der Waals surface area (Å²) in [6.45, 7) is 3.44. The van der Waals surface area contributed by atoms with Crippen molar-refractivity contribution in [3.05, 3.63) is 22.4 Å². The molecule has 0 saturated heterocycles. The zero-order chi connectivity index (χ0) is 12.1. The van der Waals surface area contributed by atoms with Gasteiger partial charge in [-0.3, -0.25) is 0 Å². The summed E-state index contributed by atoms with van der Waals surface area (Å²) < 4.78 is 0.504. The monoisotopic (exact) mass is 269 g/mol. The summed E-state index contributed by atoms with van der Waals surface area (Å²) in [6.07, 6.45) is 9.31. The summed E-state index contributed by atoms with van der Waals surface area (Å²) in [5.74, 6) is 0. The van der Waals surface area contributed by atoms with Crippen LogP contribution in [0.5, 0.6) is 0 Å². The van der Waals surface area contributed by atoms with E-state index in [-0.39, 0.29) is 0 Å². The molecule has 0 bridgehead atoms. The van der Waals surface area contributed by atoms with E-state index < -0.39 is 0 Å². The Morgan fingerprint density at radius 1 is 1.41 bits per heavy atom. The van der Waals surface area contributed by atoms with E-state index in [0.29, 0.717) is 10.8 Å². The molecule has 1 unspecified atom stereocenters. The summed E-state index contributed by atoms with van der Waals surface area (Å²) in [5.41, 5.74) is 0. The average Bonchev–Trinajstić information content (AvgIpc) is 2.91. The molecular weight excluding hydrogens is 246 g/mol. The summed E-state index contributed by atoms with van der Waals surface area (Å²) in [5, 5.41) is 5.90. The lowest BCUT2D eigenvalue weighted by molar-refractivity contribution is 0.368. The van der Waals surface area contributed by atoms with E-state index >= 15 is 0 Å². The molecule has 1 atom stereocenters. The lowest BCUT2D eigenvalue weighted by Gasteiger charge is -2.36. The first kappa shape index (κ1) is 13.4. The summed E-state index contributed by atoms with van der Waals surface area (Å²) >= 11 is 3.93. The lowest BCUT2D eigenvalue weighted by Crippen LogP contribution is -2.40. The van der Waals surface area contributed by atoms with Crippen LogP contribution in [0.25, 0.3) is 0 Å². The van der Waals surface area contributed by atoms with Crippen LogP contribution in [0.2, 0.25) is 0 Å². The van der Waals surface area contributed by atoms with Crippen LogP contribution >= 0.6 is 23.1 Å². The highest BCUT2D eigenvalue weighted by atomic mass is 32.2. The first-order valence-electron chi connectivity index (χ1n) is 6.58. The Hall–Kier alpha value is 0.01000. The molecule has 1 heterocycles. The Balaban J connectivity index is 1.87. The van der Waals surface area contributed by atoms with E-state index in [4.69, 9.17) is 0 Å². The second-order valence-electron chi connectivity index (χ2n) is 5.07. The number of thioether (sulfide) groups is 1. The molecular formula is C14H23NS2. The van der Waals surface area contributed by atoms with E-state index in [2.05, 4.69) is 47.8 Å². The molecule has 17 heavy (non-hydrogen) atoms. The third kappa shape index (κ3) is 3.49. The predicted octanol–water partition coefficient (Wildman–Crippen LogP) is 4.46. The van der Waals surface area contributed by atoms with Crippen molar-refractivity contribution in [2.75, 3.05) is 12.8 Å². The summed E-state index contributed by atoms with van der Waals surface area (Å²) in [4.78, 5) is 1.46. The van der Waals surface area contributed by atoms with Crippen molar-refractivity contribution in [1.29, 1.82) is 0 Å². The molecule has 1 fully saturated rings. The molecule has 0 aromatic carbocycles. The maximum Gasteiger partial charge on any atom is 0.0386 e. The van der Waals surface area contributed by atoms with Gasteiger partial charge < -0.3 is 5.32 Å². The second-order valence-corrected chi connectivity index (χ2v) is 7.32. The van der Waals surface area contributed by atoms with Gasteiger partial charge in [-0.2, -0.15) is 11.8 Å². The van der Waals surface area contributed by atoms with Crippen molar-refractivity contribution in [2.45, 2.75) is 49.8 Å². The molecule has 1 aromatic heterocycles. The summed E-state index contributed by atoms with van der Waals surface area (Å²) in [6, 6.07) is 4.87. The molecule has 1 aliphatic rings. The van der Waals surface area contributed by atoms with Crippen LogP contribution in [0.1, 0.15) is 49.9 Å². The Morgan fingerprint density at radius 3 is 2.76 bits per heavy atom.